The van der Waals surface area contributed by atoms with Gasteiger partial charge in [-0.3, -0.25) is 9.59 Å². The first kappa shape index (κ1) is 10.3. The van der Waals surface area contributed by atoms with Crippen LogP contribution in [-0.4, -0.2) is 16.7 Å². The molecule has 1 N–H and O–H groups in total. The number of ketones is 1. The molecule has 1 heterocycles. The lowest BCUT2D eigenvalue weighted by Crippen LogP contribution is -2.11. The molecule has 0 atom stereocenters. The van der Waals surface area contributed by atoms with E-state index in [4.69, 9.17) is 0 Å². The molecule has 0 saturated carbocycles. The maximum atomic E-state index is 13.3. The minimum atomic E-state index is -0.859. The van der Waals surface area contributed by atoms with Crippen molar-refractivity contribution in [2.45, 2.75) is 6.92 Å². The highest BCUT2D eigenvalue weighted by Gasteiger charge is 2.13. The predicted octanol–water partition coefficient (Wildman–Crippen LogP) is 1.20. The van der Waals surface area contributed by atoms with E-state index in [1.165, 1.54) is 19.2 Å². The zero-order valence-corrected chi connectivity index (χ0v) is 7.50. The molecule has 0 saturated heterocycles. The second kappa shape index (κ2) is 3.95. The fraction of sp³-hybridized carbons (Fsp3) is 0.111. The zero-order valence-electron chi connectivity index (χ0n) is 7.50. The molecule has 0 unspecified atom stereocenters. The monoisotopic (exact) mass is 195 g/mol. The summed E-state index contributed by atoms with van der Waals surface area (Å²) >= 11 is 0. The summed E-state index contributed by atoms with van der Waals surface area (Å²) in [6.07, 6.45) is 1.23. The van der Waals surface area contributed by atoms with E-state index in [2.05, 4.69) is 17.2 Å². The number of hydrogen-bond acceptors (Lipinski definition) is 3. The Bertz CT molecular complexity index is 390. The number of nitrogens with one attached hydrogen (secondary N) is 1. The molecule has 0 spiro atoms. The second-order valence-corrected chi connectivity index (χ2v) is 2.63. The number of rotatable bonds is 2. The van der Waals surface area contributed by atoms with Crippen molar-refractivity contribution < 1.29 is 14.0 Å². The number of pyridine rings is 1. The van der Waals surface area contributed by atoms with E-state index in [1.54, 1.807) is 0 Å². The van der Waals surface area contributed by atoms with Gasteiger partial charge in [-0.2, -0.15) is 0 Å². The van der Waals surface area contributed by atoms with Gasteiger partial charge in [-0.05, 0) is 6.07 Å². The summed E-state index contributed by atoms with van der Waals surface area (Å²) in [6.45, 7) is 4.29. The van der Waals surface area contributed by atoms with E-state index in [9.17, 15) is 14.0 Å². The van der Waals surface area contributed by atoms with Gasteiger partial charge in [-0.25, -0.2) is 9.37 Å². The maximum Gasteiger partial charge on any atom is 0.222 e. The molecule has 4 nitrogen and oxygen atoms in total. The molecule has 1 aromatic rings. The van der Waals surface area contributed by atoms with Gasteiger partial charge < -0.3 is 5.32 Å². The van der Waals surface area contributed by atoms with Crippen LogP contribution in [0.4, 0.5) is 10.2 Å². The molecule has 0 fully saturated rings. The number of nitrogens with zero attached hydrogens (tertiary/aromatic N) is 1. The number of aromatic nitrogens is 1. The van der Waals surface area contributed by atoms with Crippen molar-refractivity contribution in [3.05, 3.63) is 30.6 Å². The molecular weight excluding hydrogens is 187 g/mol. The third-order valence-electron chi connectivity index (χ3n) is 1.48. The van der Waals surface area contributed by atoms with E-state index in [1.807, 2.05) is 0 Å². The molecule has 5 heteroatoms. The third-order valence-corrected chi connectivity index (χ3v) is 1.48. The molecule has 1 amide bonds. The van der Waals surface area contributed by atoms with E-state index in [0.717, 1.165) is 0 Å². The summed E-state index contributed by atoms with van der Waals surface area (Å²) < 4.78 is 13.3. The van der Waals surface area contributed by atoms with Crippen molar-refractivity contribution in [3.8, 4) is 0 Å². The Balaban J connectivity index is 3.13. The molecular formula is C9H8FN2O2. The van der Waals surface area contributed by atoms with E-state index in [-0.39, 0.29) is 11.4 Å². The Morgan fingerprint density at radius 2 is 2.21 bits per heavy atom. The van der Waals surface area contributed by atoms with Crippen molar-refractivity contribution >= 4 is 17.5 Å². The minimum absolute atomic E-state index is 0.191. The van der Waals surface area contributed by atoms with Gasteiger partial charge in [0.25, 0.3) is 0 Å². The van der Waals surface area contributed by atoms with Crippen LogP contribution in [0.3, 0.4) is 0 Å². The van der Waals surface area contributed by atoms with Crippen molar-refractivity contribution in [2.24, 2.45) is 0 Å². The lowest BCUT2D eigenvalue weighted by Gasteiger charge is -2.04. The Morgan fingerprint density at radius 3 is 2.71 bits per heavy atom. The number of anilines is 1. The number of Topliss-reactive ketones (excluding diaryl/α,β-unsaturated/α-hetero) is 1. The predicted molar refractivity (Wildman–Crippen MR) is 48.2 cm³/mol. The smallest absolute Gasteiger partial charge is 0.222 e. The van der Waals surface area contributed by atoms with Crippen LogP contribution in [0.25, 0.3) is 0 Å². The molecule has 73 valence electrons. The van der Waals surface area contributed by atoms with Gasteiger partial charge >= 0.3 is 0 Å². The normalized spacial score (nSPS) is 9.64. The summed E-state index contributed by atoms with van der Waals surface area (Å²) in [5.74, 6) is -2.23. The highest BCUT2D eigenvalue weighted by Crippen LogP contribution is 2.14. The first-order valence-electron chi connectivity index (χ1n) is 3.80. The van der Waals surface area contributed by atoms with Crippen molar-refractivity contribution in [1.29, 1.82) is 0 Å². The fourth-order valence-electron chi connectivity index (χ4n) is 0.913. The molecule has 14 heavy (non-hydrogen) atoms. The van der Waals surface area contributed by atoms with Gasteiger partial charge in [0.05, 0.1) is 5.56 Å². The summed E-state index contributed by atoms with van der Waals surface area (Å²) in [5.41, 5.74) is -0.191. The van der Waals surface area contributed by atoms with Gasteiger partial charge in [-0.1, -0.05) is 0 Å². The second-order valence-electron chi connectivity index (χ2n) is 2.63. The van der Waals surface area contributed by atoms with Crippen LogP contribution in [0.2, 0.25) is 0 Å². The molecule has 1 radical (unpaired) electrons. The highest BCUT2D eigenvalue weighted by molar-refractivity contribution is 6.00. The standard InChI is InChI=1S/C9H8FN2O2/c1-5(13)7-3-4-11-9(8(7)10)12-6(2)14/h3-4H,1H2,2H3,(H,11,12,14). The average Bonchev–Trinajstić information content (AvgIpc) is 2.07. The van der Waals surface area contributed by atoms with Crippen molar-refractivity contribution in [2.75, 3.05) is 5.32 Å². The quantitative estimate of drug-likeness (QED) is 0.721. The van der Waals surface area contributed by atoms with E-state index < -0.39 is 17.5 Å². The van der Waals surface area contributed by atoms with Gasteiger partial charge in [-0.15, -0.1) is 0 Å². The van der Waals surface area contributed by atoms with Crippen LogP contribution in [0.5, 0.6) is 0 Å². The maximum absolute atomic E-state index is 13.3. The molecule has 0 aromatic carbocycles. The Morgan fingerprint density at radius 1 is 1.57 bits per heavy atom. The number of amides is 1. The summed E-state index contributed by atoms with van der Waals surface area (Å²) in [6, 6.07) is 1.20. The Kier molecular flexibility index (Phi) is 2.91. The highest BCUT2D eigenvalue weighted by atomic mass is 19.1. The van der Waals surface area contributed by atoms with Gasteiger partial charge in [0, 0.05) is 20.0 Å². The molecule has 1 rings (SSSR count). The molecule has 0 aliphatic rings. The van der Waals surface area contributed by atoms with Crippen LogP contribution < -0.4 is 5.32 Å². The topological polar surface area (TPSA) is 59.1 Å². The number of carbonyl (C=O) groups is 2. The largest absolute Gasteiger partial charge is 0.308 e. The van der Waals surface area contributed by atoms with Crippen LogP contribution in [-0.2, 0) is 4.79 Å². The van der Waals surface area contributed by atoms with Crippen molar-refractivity contribution in [3.63, 3.8) is 0 Å². The fourth-order valence-corrected chi connectivity index (χ4v) is 0.913. The first-order valence-corrected chi connectivity index (χ1v) is 3.80. The van der Waals surface area contributed by atoms with Gasteiger partial charge in [0.1, 0.15) is 0 Å². The summed E-state index contributed by atoms with van der Waals surface area (Å²) in [5, 5.41) is 2.16. The molecule has 0 bridgehead atoms. The number of hydrogen-bond donors (Lipinski definition) is 1. The third kappa shape index (κ3) is 2.12. The summed E-state index contributed by atoms with van der Waals surface area (Å²) in [4.78, 5) is 25.0. The minimum Gasteiger partial charge on any atom is -0.308 e. The SMILES string of the molecule is [CH2]C(=O)c1ccnc(NC(C)=O)c1F. The van der Waals surface area contributed by atoms with Crippen LogP contribution >= 0.6 is 0 Å². The van der Waals surface area contributed by atoms with Gasteiger partial charge in [0.15, 0.2) is 17.4 Å². The van der Waals surface area contributed by atoms with E-state index in [0.29, 0.717) is 0 Å². The summed E-state index contributed by atoms with van der Waals surface area (Å²) in [7, 11) is 0. The zero-order chi connectivity index (χ0) is 10.7. The van der Waals surface area contributed by atoms with Gasteiger partial charge in [0.2, 0.25) is 5.91 Å². The lowest BCUT2D eigenvalue weighted by atomic mass is 10.2. The van der Waals surface area contributed by atoms with Crippen LogP contribution in [0.1, 0.15) is 17.3 Å². The molecule has 0 aliphatic heterocycles. The first-order chi connectivity index (χ1) is 6.52. The molecule has 1 aromatic heterocycles. The molecule has 0 aliphatic carbocycles. The number of halogens is 1. The number of carbonyl (C=O) groups excluding carboxylic acids is 2. The average molecular weight is 195 g/mol. The van der Waals surface area contributed by atoms with Crippen LogP contribution in [0, 0.1) is 12.7 Å². The lowest BCUT2D eigenvalue weighted by molar-refractivity contribution is -0.114. The van der Waals surface area contributed by atoms with Crippen molar-refractivity contribution in [1.82, 2.24) is 4.98 Å². The Hall–Kier alpha value is -1.78. The Labute approximate surface area is 80.1 Å². The van der Waals surface area contributed by atoms with Crippen LogP contribution in [0.15, 0.2) is 12.3 Å². The van der Waals surface area contributed by atoms with E-state index >= 15 is 0 Å².